The maximum absolute atomic E-state index is 13.2. The Bertz CT molecular complexity index is 1130. The lowest BCUT2D eigenvalue weighted by molar-refractivity contribution is 0.0489. The van der Waals surface area contributed by atoms with Crippen molar-refractivity contribution in [2.75, 3.05) is 38.1 Å². The van der Waals surface area contributed by atoms with Crippen molar-refractivity contribution < 1.29 is 14.3 Å². The first-order valence-corrected chi connectivity index (χ1v) is 9.90. The zero-order chi connectivity index (χ0) is 20.7. The summed E-state index contributed by atoms with van der Waals surface area (Å²) < 4.78 is 5.88. The molecule has 1 saturated heterocycles. The lowest BCUT2D eigenvalue weighted by atomic mass is 10.1. The van der Waals surface area contributed by atoms with E-state index in [1.807, 2.05) is 37.4 Å². The van der Waals surface area contributed by atoms with E-state index >= 15 is 0 Å². The number of carbonyl (C=O) groups is 2. The number of aromatic nitrogens is 2. The van der Waals surface area contributed by atoms with Gasteiger partial charge in [0.15, 0.2) is 5.65 Å². The highest BCUT2D eigenvalue weighted by molar-refractivity contribution is 6.10. The predicted octanol–water partition coefficient (Wildman–Crippen LogP) is 2.67. The van der Waals surface area contributed by atoms with Gasteiger partial charge in [0.2, 0.25) is 6.23 Å². The molecule has 8 heteroatoms. The van der Waals surface area contributed by atoms with Gasteiger partial charge in [0.05, 0.1) is 0 Å². The molecule has 1 aromatic carbocycles. The van der Waals surface area contributed by atoms with Crippen LogP contribution in [0.2, 0.25) is 0 Å². The first-order chi connectivity index (χ1) is 14.6. The number of amides is 2. The van der Waals surface area contributed by atoms with Gasteiger partial charge < -0.3 is 14.5 Å². The first kappa shape index (κ1) is 18.5. The number of piperazine rings is 1. The molecule has 5 rings (SSSR count). The minimum absolute atomic E-state index is 0.246. The average molecular weight is 403 g/mol. The van der Waals surface area contributed by atoms with Gasteiger partial charge in [-0.3, -0.25) is 9.69 Å². The third kappa shape index (κ3) is 3.15. The summed E-state index contributed by atoms with van der Waals surface area (Å²) in [6, 6.07) is 14.6. The van der Waals surface area contributed by atoms with Gasteiger partial charge in [-0.05, 0) is 37.4 Å². The monoisotopic (exact) mass is 403 g/mol. The van der Waals surface area contributed by atoms with Crippen LogP contribution in [0, 0.1) is 0 Å². The van der Waals surface area contributed by atoms with E-state index in [2.05, 4.69) is 14.9 Å². The van der Waals surface area contributed by atoms with Crippen molar-refractivity contribution in [3.8, 4) is 0 Å². The Morgan fingerprint density at radius 2 is 1.83 bits per heavy atom. The van der Waals surface area contributed by atoms with E-state index in [9.17, 15) is 9.59 Å². The van der Waals surface area contributed by atoms with Crippen LogP contribution in [0.25, 0.3) is 11.0 Å². The number of rotatable bonds is 2. The predicted molar refractivity (Wildman–Crippen MR) is 111 cm³/mol. The van der Waals surface area contributed by atoms with Crippen molar-refractivity contribution >= 4 is 28.9 Å². The number of pyridine rings is 2. The molecule has 2 aliphatic heterocycles. The third-order valence-corrected chi connectivity index (χ3v) is 5.58. The number of carbonyl (C=O) groups excluding carboxylic acids is 2. The molecule has 0 N–H and O–H groups in total. The lowest BCUT2D eigenvalue weighted by Crippen LogP contribution is -2.48. The molecule has 2 aromatic heterocycles. The average Bonchev–Trinajstić information content (AvgIpc) is 3.05. The van der Waals surface area contributed by atoms with Crippen LogP contribution in [-0.4, -0.2) is 65.0 Å². The third-order valence-electron chi connectivity index (χ3n) is 5.58. The second-order valence-corrected chi connectivity index (χ2v) is 7.51. The van der Waals surface area contributed by atoms with Crippen LogP contribution >= 0.6 is 0 Å². The van der Waals surface area contributed by atoms with Crippen molar-refractivity contribution in [1.29, 1.82) is 0 Å². The summed E-state index contributed by atoms with van der Waals surface area (Å²) >= 11 is 0. The van der Waals surface area contributed by atoms with Crippen molar-refractivity contribution in [3.63, 3.8) is 0 Å². The number of likely N-dealkylation sites (N-methyl/N-ethyl adjacent to an activating group) is 1. The Hall–Kier alpha value is -3.52. The van der Waals surface area contributed by atoms with Gasteiger partial charge in [-0.15, -0.1) is 0 Å². The molecular weight excluding hydrogens is 382 g/mol. The maximum atomic E-state index is 13.2. The standard InChI is InChI=1S/C22H21N5O3/c1-25-11-13-26(14-12-25)22(29)30-21-17-7-3-2-6-16(17)20(28)27(21)18-9-8-15-5-4-10-23-19(15)24-18/h2-10,21H,11-14H2,1H3. The number of hydrogen-bond acceptors (Lipinski definition) is 6. The number of anilines is 1. The molecule has 1 unspecified atom stereocenters. The summed E-state index contributed by atoms with van der Waals surface area (Å²) in [5.41, 5.74) is 1.70. The molecule has 152 valence electrons. The molecular formula is C22H21N5O3. The maximum Gasteiger partial charge on any atom is 0.412 e. The van der Waals surface area contributed by atoms with E-state index in [-0.39, 0.29) is 5.91 Å². The second kappa shape index (κ2) is 7.38. The molecule has 0 aliphatic carbocycles. The van der Waals surface area contributed by atoms with Crippen LogP contribution in [0.4, 0.5) is 10.6 Å². The molecule has 1 fully saturated rings. The van der Waals surface area contributed by atoms with Gasteiger partial charge in [0.1, 0.15) is 5.82 Å². The summed E-state index contributed by atoms with van der Waals surface area (Å²) in [5.74, 6) is 0.156. The van der Waals surface area contributed by atoms with Gasteiger partial charge in [0.25, 0.3) is 5.91 Å². The highest BCUT2D eigenvalue weighted by Gasteiger charge is 2.41. The molecule has 0 radical (unpaired) electrons. The molecule has 3 aromatic rings. The number of nitrogens with zero attached hydrogens (tertiary/aromatic N) is 5. The van der Waals surface area contributed by atoms with Crippen LogP contribution in [0.15, 0.2) is 54.7 Å². The largest absolute Gasteiger partial charge is 0.420 e. The summed E-state index contributed by atoms with van der Waals surface area (Å²) in [6.45, 7) is 2.76. The molecule has 8 nitrogen and oxygen atoms in total. The Morgan fingerprint density at radius 3 is 2.67 bits per heavy atom. The van der Waals surface area contributed by atoms with E-state index in [0.717, 1.165) is 18.5 Å². The SMILES string of the molecule is CN1CCN(C(=O)OC2c3ccccc3C(=O)N2c2ccc3cccnc3n2)CC1. The van der Waals surface area contributed by atoms with Crippen molar-refractivity contribution in [2.24, 2.45) is 0 Å². The van der Waals surface area contributed by atoms with Crippen molar-refractivity contribution in [3.05, 3.63) is 65.9 Å². The minimum Gasteiger partial charge on any atom is -0.420 e. The van der Waals surface area contributed by atoms with E-state index < -0.39 is 12.3 Å². The van der Waals surface area contributed by atoms with Gasteiger partial charge in [0, 0.05) is 48.9 Å². The molecule has 0 spiro atoms. The summed E-state index contributed by atoms with van der Waals surface area (Å²) in [7, 11) is 2.02. The zero-order valence-corrected chi connectivity index (χ0v) is 16.6. The quantitative estimate of drug-likeness (QED) is 0.655. The Labute approximate surface area is 173 Å². The van der Waals surface area contributed by atoms with Crippen LogP contribution < -0.4 is 4.90 Å². The summed E-state index contributed by atoms with van der Waals surface area (Å²) in [5, 5.41) is 0.872. The van der Waals surface area contributed by atoms with Gasteiger partial charge >= 0.3 is 6.09 Å². The highest BCUT2D eigenvalue weighted by atomic mass is 16.6. The molecule has 1 atom stereocenters. The topological polar surface area (TPSA) is 78.9 Å². The Balaban J connectivity index is 1.50. The fraction of sp³-hybridized carbons (Fsp3) is 0.273. The number of fused-ring (bicyclic) bond motifs is 2. The molecule has 4 heterocycles. The molecule has 2 amide bonds. The van der Waals surface area contributed by atoms with E-state index in [1.165, 1.54) is 4.90 Å². The van der Waals surface area contributed by atoms with Gasteiger partial charge in [-0.1, -0.05) is 18.2 Å². The number of ether oxygens (including phenoxy) is 1. The fourth-order valence-corrected chi connectivity index (χ4v) is 3.86. The Kier molecular flexibility index (Phi) is 4.55. The zero-order valence-electron chi connectivity index (χ0n) is 16.6. The van der Waals surface area contributed by atoms with Crippen LogP contribution in [0.5, 0.6) is 0 Å². The summed E-state index contributed by atoms with van der Waals surface area (Å²) in [4.78, 5) is 40.2. The molecule has 30 heavy (non-hydrogen) atoms. The smallest absolute Gasteiger partial charge is 0.412 e. The van der Waals surface area contributed by atoms with Gasteiger partial charge in [-0.25, -0.2) is 14.8 Å². The van der Waals surface area contributed by atoms with E-state index in [0.29, 0.717) is 35.7 Å². The van der Waals surface area contributed by atoms with Crippen LogP contribution in [-0.2, 0) is 4.74 Å². The van der Waals surface area contributed by atoms with Crippen LogP contribution in [0.3, 0.4) is 0 Å². The molecule has 0 saturated carbocycles. The van der Waals surface area contributed by atoms with E-state index in [1.54, 1.807) is 29.3 Å². The number of hydrogen-bond donors (Lipinski definition) is 0. The minimum atomic E-state index is -0.866. The summed E-state index contributed by atoms with van der Waals surface area (Å²) in [6.07, 6.45) is 0.362. The molecule has 0 bridgehead atoms. The van der Waals surface area contributed by atoms with Crippen molar-refractivity contribution in [1.82, 2.24) is 19.8 Å². The highest BCUT2D eigenvalue weighted by Crippen LogP contribution is 2.38. The van der Waals surface area contributed by atoms with Gasteiger partial charge in [-0.2, -0.15) is 0 Å². The lowest BCUT2D eigenvalue weighted by Gasteiger charge is -2.33. The second-order valence-electron chi connectivity index (χ2n) is 7.51. The number of benzene rings is 1. The van der Waals surface area contributed by atoms with Crippen molar-refractivity contribution in [2.45, 2.75) is 6.23 Å². The first-order valence-electron chi connectivity index (χ1n) is 9.90. The van der Waals surface area contributed by atoms with E-state index in [4.69, 9.17) is 4.74 Å². The Morgan fingerprint density at radius 1 is 1.03 bits per heavy atom. The molecule has 2 aliphatic rings. The normalized spacial score (nSPS) is 19.2. The fourth-order valence-electron chi connectivity index (χ4n) is 3.86. The van der Waals surface area contributed by atoms with Crippen LogP contribution in [0.1, 0.15) is 22.1 Å².